The fraction of sp³-hybridized carbons (Fsp3) is 0.364. The van der Waals surface area contributed by atoms with Gasteiger partial charge in [0, 0.05) is 49.7 Å². The number of carboxylic acids is 1. The Morgan fingerprint density at radius 2 is 1.68 bits per heavy atom. The lowest BCUT2D eigenvalue weighted by Crippen LogP contribution is -2.35. The molecular weight excluding hydrogens is 562 g/mol. The molecule has 0 radical (unpaired) electrons. The highest BCUT2D eigenvalue weighted by Crippen LogP contribution is 2.30. The second kappa shape index (κ2) is 14.0. The van der Waals surface area contributed by atoms with Crippen molar-refractivity contribution >= 4 is 35.3 Å². The molecule has 1 aliphatic rings. The zero-order valence-electron chi connectivity index (χ0n) is 25.5. The van der Waals surface area contributed by atoms with Gasteiger partial charge in [0.2, 0.25) is 0 Å². The van der Waals surface area contributed by atoms with Gasteiger partial charge in [0.05, 0.1) is 30.9 Å². The number of nitrogens with one attached hydrogen (secondary N) is 2. The van der Waals surface area contributed by atoms with Gasteiger partial charge in [-0.3, -0.25) is 19.4 Å². The second-order valence-corrected chi connectivity index (χ2v) is 11.7. The zero-order valence-corrected chi connectivity index (χ0v) is 25.5. The van der Waals surface area contributed by atoms with Crippen LogP contribution in [0, 0.1) is 0 Å². The molecule has 2 aromatic carbocycles. The third-order valence-electron chi connectivity index (χ3n) is 7.56. The molecule has 1 fully saturated rings. The summed E-state index contributed by atoms with van der Waals surface area (Å²) in [4.78, 5) is 58.3. The summed E-state index contributed by atoms with van der Waals surface area (Å²) in [6.07, 6.45) is 3.05. The van der Waals surface area contributed by atoms with Crippen LogP contribution in [-0.2, 0) is 14.9 Å². The van der Waals surface area contributed by atoms with Gasteiger partial charge < -0.3 is 30.3 Å². The van der Waals surface area contributed by atoms with Crippen molar-refractivity contribution in [3.05, 3.63) is 89.2 Å². The number of carbonyl (C=O) groups is 4. The topological polar surface area (TPSA) is 141 Å². The van der Waals surface area contributed by atoms with Gasteiger partial charge in [-0.1, -0.05) is 39.0 Å². The largest absolute Gasteiger partial charge is 0.481 e. The van der Waals surface area contributed by atoms with E-state index in [-0.39, 0.29) is 23.3 Å². The third kappa shape index (κ3) is 8.12. The first kappa shape index (κ1) is 32.0. The third-order valence-corrected chi connectivity index (χ3v) is 7.56. The van der Waals surface area contributed by atoms with E-state index < -0.39 is 24.0 Å². The monoisotopic (exact) mass is 601 g/mol. The van der Waals surface area contributed by atoms with E-state index in [1.807, 2.05) is 12.1 Å². The maximum atomic E-state index is 13.5. The van der Waals surface area contributed by atoms with Crippen LogP contribution in [0.2, 0.25) is 0 Å². The van der Waals surface area contributed by atoms with Crippen LogP contribution in [0.5, 0.6) is 0 Å². The van der Waals surface area contributed by atoms with Crippen LogP contribution in [0.4, 0.5) is 16.2 Å². The van der Waals surface area contributed by atoms with E-state index >= 15 is 0 Å². The van der Waals surface area contributed by atoms with Gasteiger partial charge in [0.1, 0.15) is 0 Å². The average molecular weight is 602 g/mol. The molecule has 4 rings (SSSR count). The zero-order chi connectivity index (χ0) is 31.9. The average Bonchev–Trinajstić information content (AvgIpc) is 3.26. The minimum Gasteiger partial charge on any atom is -0.481 e. The van der Waals surface area contributed by atoms with Crippen molar-refractivity contribution in [2.45, 2.75) is 45.1 Å². The number of ether oxygens (including phenoxy) is 1. The number of carbonyl (C=O) groups excluding carboxylic acids is 3. The fourth-order valence-corrected chi connectivity index (χ4v) is 5.09. The van der Waals surface area contributed by atoms with E-state index in [0.717, 1.165) is 5.56 Å². The quantitative estimate of drug-likeness (QED) is 0.333. The van der Waals surface area contributed by atoms with Crippen molar-refractivity contribution in [3.63, 3.8) is 0 Å². The molecule has 1 unspecified atom stereocenters. The normalized spacial score (nSPS) is 14.3. The maximum Gasteiger partial charge on any atom is 0.409 e. The molecule has 44 heavy (non-hydrogen) atoms. The lowest BCUT2D eigenvalue weighted by Gasteiger charge is -2.26. The number of hydrogen-bond acceptors (Lipinski definition) is 7. The number of carboxylic acid groups (broad SMARTS) is 1. The van der Waals surface area contributed by atoms with Crippen LogP contribution in [-0.4, -0.2) is 72.2 Å². The Balaban J connectivity index is 1.64. The predicted molar refractivity (Wildman–Crippen MR) is 167 cm³/mol. The highest BCUT2D eigenvalue weighted by Gasteiger charge is 2.24. The van der Waals surface area contributed by atoms with E-state index in [9.17, 15) is 24.3 Å². The summed E-state index contributed by atoms with van der Waals surface area (Å²) in [5.74, 6) is -1.90. The van der Waals surface area contributed by atoms with Crippen LogP contribution in [0.25, 0.3) is 0 Å². The summed E-state index contributed by atoms with van der Waals surface area (Å²) in [6, 6.07) is 15.0. The summed E-state index contributed by atoms with van der Waals surface area (Å²) in [5, 5.41) is 15.3. The number of rotatable bonds is 8. The Morgan fingerprint density at radius 1 is 0.955 bits per heavy atom. The number of anilines is 2. The first-order valence-corrected chi connectivity index (χ1v) is 14.5. The summed E-state index contributed by atoms with van der Waals surface area (Å²) < 4.78 is 4.90. The molecule has 232 valence electrons. The Hall–Kier alpha value is -4.93. The number of pyridine rings is 1. The molecule has 1 saturated heterocycles. The summed E-state index contributed by atoms with van der Waals surface area (Å²) in [7, 11) is 1.35. The molecule has 1 aliphatic heterocycles. The maximum absolute atomic E-state index is 13.5. The number of hydrogen-bond donors (Lipinski definition) is 3. The smallest absolute Gasteiger partial charge is 0.409 e. The van der Waals surface area contributed by atoms with Crippen molar-refractivity contribution in [2.75, 3.05) is 43.5 Å². The number of methoxy groups -OCH3 is 1. The number of aliphatic carboxylic acids is 1. The minimum atomic E-state index is -1.07. The number of aromatic nitrogens is 1. The first-order chi connectivity index (χ1) is 21.0. The molecule has 3 N–H and O–H groups in total. The SMILES string of the molecule is COC(=O)N1CCCN(c2ccc(C(=O)NC(CC(=O)O)c3cccnc3)cc2NC(=O)c2ccc(C(C)(C)C)cc2)CC1. The Kier molecular flexibility index (Phi) is 10.2. The first-order valence-electron chi connectivity index (χ1n) is 14.5. The highest BCUT2D eigenvalue weighted by molar-refractivity contribution is 6.07. The van der Waals surface area contributed by atoms with Crippen LogP contribution in [0.3, 0.4) is 0 Å². The van der Waals surface area contributed by atoms with Crippen molar-refractivity contribution in [3.8, 4) is 0 Å². The van der Waals surface area contributed by atoms with Crippen LogP contribution in [0.15, 0.2) is 67.0 Å². The minimum absolute atomic E-state index is 0.0664. The lowest BCUT2D eigenvalue weighted by atomic mass is 9.87. The van der Waals surface area contributed by atoms with E-state index in [4.69, 9.17) is 4.74 Å². The Bertz CT molecular complexity index is 1490. The van der Waals surface area contributed by atoms with Gasteiger partial charge in [-0.25, -0.2) is 4.79 Å². The second-order valence-electron chi connectivity index (χ2n) is 11.7. The Labute approximate surface area is 257 Å². The van der Waals surface area contributed by atoms with E-state index in [0.29, 0.717) is 55.1 Å². The molecule has 3 aromatic rings. The molecule has 0 aliphatic carbocycles. The summed E-state index contributed by atoms with van der Waals surface area (Å²) >= 11 is 0. The molecule has 0 bridgehead atoms. The van der Waals surface area contributed by atoms with Crippen LogP contribution < -0.4 is 15.5 Å². The molecular formula is C33H39N5O6. The lowest BCUT2D eigenvalue weighted by molar-refractivity contribution is -0.137. The van der Waals surface area contributed by atoms with Gasteiger partial charge in [-0.15, -0.1) is 0 Å². The molecule has 11 heteroatoms. The van der Waals surface area contributed by atoms with Gasteiger partial charge in [0.15, 0.2) is 0 Å². The fourth-order valence-electron chi connectivity index (χ4n) is 5.09. The van der Waals surface area contributed by atoms with Gasteiger partial charge in [-0.05, 0) is 59.4 Å². The standard InChI is InChI=1S/C33H39N5O6/c1-33(2,3)25-11-8-22(9-12-25)30(41)36-27-19-23(31(42)35-26(20-29(39)40)24-7-5-14-34-21-24)10-13-28(27)37-15-6-16-38(18-17-37)32(43)44-4/h5,7-14,19,21,26H,6,15-18,20H2,1-4H3,(H,35,42)(H,36,41)(H,39,40). The molecule has 0 saturated carbocycles. The summed E-state index contributed by atoms with van der Waals surface area (Å²) in [6.45, 7) is 8.37. The van der Waals surface area contributed by atoms with Crippen molar-refractivity contribution in [2.24, 2.45) is 0 Å². The van der Waals surface area contributed by atoms with Crippen LogP contribution >= 0.6 is 0 Å². The van der Waals surface area contributed by atoms with Crippen molar-refractivity contribution in [1.29, 1.82) is 0 Å². The number of amides is 3. The van der Waals surface area contributed by atoms with E-state index in [1.165, 1.54) is 13.3 Å². The summed E-state index contributed by atoms with van der Waals surface area (Å²) in [5.41, 5.74) is 3.42. The van der Waals surface area contributed by atoms with Gasteiger partial charge in [0.25, 0.3) is 11.8 Å². The van der Waals surface area contributed by atoms with E-state index in [1.54, 1.807) is 53.6 Å². The van der Waals surface area contributed by atoms with E-state index in [2.05, 4.69) is 41.3 Å². The molecule has 11 nitrogen and oxygen atoms in total. The molecule has 3 amide bonds. The van der Waals surface area contributed by atoms with Crippen molar-refractivity contribution in [1.82, 2.24) is 15.2 Å². The van der Waals surface area contributed by atoms with Gasteiger partial charge in [-0.2, -0.15) is 0 Å². The number of benzene rings is 2. The highest BCUT2D eigenvalue weighted by atomic mass is 16.5. The molecule has 1 atom stereocenters. The molecule has 1 aromatic heterocycles. The molecule has 0 spiro atoms. The Morgan fingerprint density at radius 3 is 2.32 bits per heavy atom. The van der Waals surface area contributed by atoms with Crippen molar-refractivity contribution < 1.29 is 29.0 Å². The number of nitrogens with zero attached hydrogens (tertiary/aromatic N) is 3. The molecule has 2 heterocycles. The van der Waals surface area contributed by atoms with Gasteiger partial charge >= 0.3 is 12.1 Å². The van der Waals surface area contributed by atoms with Crippen LogP contribution in [0.1, 0.15) is 71.5 Å². The predicted octanol–water partition coefficient (Wildman–Crippen LogP) is 4.86.